The zero-order valence-electron chi connectivity index (χ0n) is 15.3. The van der Waals surface area contributed by atoms with E-state index in [0.29, 0.717) is 0 Å². The van der Waals surface area contributed by atoms with Crippen LogP contribution in [0.4, 0.5) is 0 Å². The van der Waals surface area contributed by atoms with Gasteiger partial charge in [0.2, 0.25) is 17.7 Å². The van der Waals surface area contributed by atoms with Crippen LogP contribution in [0.15, 0.2) is 0 Å². The molecule has 0 radical (unpaired) electrons. The van der Waals surface area contributed by atoms with Gasteiger partial charge < -0.3 is 37.0 Å². The molecule has 3 atom stereocenters. The third kappa shape index (κ3) is 11.5. The van der Waals surface area contributed by atoms with E-state index in [9.17, 15) is 28.8 Å². The van der Waals surface area contributed by atoms with Crippen LogP contribution >= 0.6 is 12.6 Å². The molecule has 0 heterocycles. The quantitative estimate of drug-likeness (QED) is 0.130. The van der Waals surface area contributed by atoms with Crippen molar-refractivity contribution in [3.8, 4) is 0 Å². The maximum atomic E-state index is 12.1. The van der Waals surface area contributed by atoms with Gasteiger partial charge in [-0.2, -0.15) is 12.6 Å². The molecule has 3 unspecified atom stereocenters. The molecule has 0 saturated heterocycles. The molecule has 0 aliphatic carbocycles. The van der Waals surface area contributed by atoms with E-state index in [1.54, 1.807) is 0 Å². The topological polar surface area (TPSA) is 225 Å². The number of hydrogen-bond acceptors (Lipinski definition) is 8. The molecule has 29 heavy (non-hydrogen) atoms. The molecule has 0 fully saturated rings. The minimum Gasteiger partial charge on any atom is -0.481 e. The minimum atomic E-state index is -1.44. The molecule has 0 aliphatic heterocycles. The third-order valence-corrected chi connectivity index (χ3v) is 3.89. The number of nitrogens with one attached hydrogen (secondary N) is 3. The van der Waals surface area contributed by atoms with Crippen molar-refractivity contribution in [2.75, 3.05) is 12.3 Å². The van der Waals surface area contributed by atoms with E-state index in [1.807, 2.05) is 0 Å². The fraction of sp³-hybridized carbons (Fsp3) is 0.600. The first kappa shape index (κ1) is 26.1. The number of carbonyl (C=O) groups excluding carboxylic acids is 3. The second-order valence-electron chi connectivity index (χ2n) is 5.89. The Labute approximate surface area is 170 Å². The largest absolute Gasteiger partial charge is 0.481 e. The molecule has 14 heteroatoms. The van der Waals surface area contributed by atoms with Gasteiger partial charge >= 0.3 is 17.9 Å². The van der Waals surface area contributed by atoms with E-state index in [1.165, 1.54) is 0 Å². The Hall–Kier alpha value is -2.87. The Balaban J connectivity index is 4.57. The Morgan fingerprint density at radius 2 is 1.38 bits per heavy atom. The third-order valence-electron chi connectivity index (χ3n) is 3.52. The van der Waals surface area contributed by atoms with Crippen LogP contribution in [0.5, 0.6) is 0 Å². The second kappa shape index (κ2) is 13.3. The van der Waals surface area contributed by atoms with E-state index in [0.717, 1.165) is 0 Å². The molecule has 0 saturated carbocycles. The summed E-state index contributed by atoms with van der Waals surface area (Å²) in [6.07, 6.45) is -1.29. The van der Waals surface area contributed by atoms with E-state index < -0.39 is 66.7 Å². The summed E-state index contributed by atoms with van der Waals surface area (Å²) in [5.74, 6) is -6.39. The van der Waals surface area contributed by atoms with E-state index in [4.69, 9.17) is 21.1 Å². The lowest BCUT2D eigenvalue weighted by atomic mass is 10.1. The van der Waals surface area contributed by atoms with Gasteiger partial charge in [-0.15, -0.1) is 0 Å². The van der Waals surface area contributed by atoms with E-state index >= 15 is 0 Å². The fourth-order valence-corrected chi connectivity index (χ4v) is 2.20. The highest BCUT2D eigenvalue weighted by Gasteiger charge is 2.25. The smallest absolute Gasteiger partial charge is 0.326 e. The van der Waals surface area contributed by atoms with Gasteiger partial charge in [-0.05, 0) is 12.8 Å². The molecular formula is C15H24N4O9S. The maximum Gasteiger partial charge on any atom is 0.326 e. The van der Waals surface area contributed by atoms with Gasteiger partial charge in [0.15, 0.2) is 0 Å². The molecule has 13 nitrogen and oxygen atoms in total. The monoisotopic (exact) mass is 436 g/mol. The lowest BCUT2D eigenvalue weighted by molar-refractivity contribution is -0.143. The van der Waals surface area contributed by atoms with Crippen molar-refractivity contribution >= 4 is 48.3 Å². The zero-order chi connectivity index (χ0) is 22.6. The van der Waals surface area contributed by atoms with Gasteiger partial charge in [-0.3, -0.25) is 24.0 Å². The summed E-state index contributed by atoms with van der Waals surface area (Å²) >= 11 is 3.91. The SMILES string of the molecule is NC(CCC(=O)O)C(=O)NC(CS)C(=O)NCC(=O)NC(CCC(=O)O)C(=O)O. The van der Waals surface area contributed by atoms with Gasteiger partial charge in [-0.25, -0.2) is 4.79 Å². The predicted molar refractivity (Wildman–Crippen MR) is 100 cm³/mol. The van der Waals surface area contributed by atoms with Gasteiger partial charge in [0, 0.05) is 18.6 Å². The average molecular weight is 436 g/mol. The zero-order valence-corrected chi connectivity index (χ0v) is 16.2. The van der Waals surface area contributed by atoms with Crippen LogP contribution in [0.2, 0.25) is 0 Å². The summed E-state index contributed by atoms with van der Waals surface area (Å²) < 4.78 is 0. The molecule has 0 aromatic heterocycles. The summed E-state index contributed by atoms with van der Waals surface area (Å²) in [5.41, 5.74) is 5.53. The summed E-state index contributed by atoms with van der Waals surface area (Å²) in [4.78, 5) is 67.7. The fourth-order valence-electron chi connectivity index (χ4n) is 1.94. The molecule has 164 valence electrons. The highest BCUT2D eigenvalue weighted by atomic mass is 32.1. The van der Waals surface area contributed by atoms with Gasteiger partial charge in [-0.1, -0.05) is 0 Å². The highest BCUT2D eigenvalue weighted by molar-refractivity contribution is 7.80. The Kier molecular flexibility index (Phi) is 12.0. The number of carboxylic acid groups (broad SMARTS) is 3. The summed E-state index contributed by atoms with van der Waals surface area (Å²) in [6, 6.07) is -3.77. The Morgan fingerprint density at radius 1 is 0.828 bits per heavy atom. The van der Waals surface area contributed by atoms with E-state index in [2.05, 4.69) is 28.6 Å². The molecule has 0 aromatic carbocycles. The highest BCUT2D eigenvalue weighted by Crippen LogP contribution is 1.99. The van der Waals surface area contributed by atoms with Crippen LogP contribution in [0, 0.1) is 0 Å². The minimum absolute atomic E-state index is 0.141. The normalized spacial score (nSPS) is 13.4. The Bertz CT molecular complexity index is 643. The van der Waals surface area contributed by atoms with Crippen LogP contribution in [-0.2, 0) is 28.8 Å². The van der Waals surface area contributed by atoms with Crippen LogP contribution in [-0.4, -0.2) is 81.4 Å². The van der Waals surface area contributed by atoms with Crippen LogP contribution in [0.25, 0.3) is 0 Å². The summed E-state index contributed by atoms with van der Waals surface area (Å²) in [6.45, 7) is -0.624. The molecular weight excluding hydrogens is 412 g/mol. The summed E-state index contributed by atoms with van der Waals surface area (Å²) in [7, 11) is 0. The second-order valence-corrected chi connectivity index (χ2v) is 6.26. The molecule has 0 spiro atoms. The average Bonchev–Trinajstić information content (AvgIpc) is 2.64. The number of hydrogen-bond donors (Lipinski definition) is 8. The molecule has 0 aliphatic rings. The van der Waals surface area contributed by atoms with Crippen molar-refractivity contribution in [2.24, 2.45) is 5.73 Å². The lowest BCUT2D eigenvalue weighted by Gasteiger charge is -2.19. The van der Waals surface area contributed by atoms with E-state index in [-0.39, 0.29) is 25.0 Å². The molecule has 0 bridgehead atoms. The van der Waals surface area contributed by atoms with Gasteiger partial charge in [0.05, 0.1) is 12.6 Å². The number of carbonyl (C=O) groups is 6. The Morgan fingerprint density at radius 3 is 1.86 bits per heavy atom. The van der Waals surface area contributed by atoms with Crippen molar-refractivity contribution in [1.82, 2.24) is 16.0 Å². The number of aliphatic carboxylic acids is 3. The van der Waals surface area contributed by atoms with Crippen molar-refractivity contribution in [3.63, 3.8) is 0 Å². The standard InChI is InChI=1S/C15H24N4O9S/c16-7(1-3-11(21)22)13(25)19-9(6-29)14(26)17-5-10(20)18-8(15(27)28)2-4-12(23)24/h7-9,29H,1-6,16H2,(H,17,26)(H,18,20)(H,19,25)(H,21,22)(H,23,24)(H,27,28). The predicted octanol–water partition coefficient (Wildman–Crippen LogP) is -2.86. The van der Waals surface area contributed by atoms with Gasteiger partial charge in [0.25, 0.3) is 0 Å². The molecule has 3 amide bonds. The first-order valence-electron chi connectivity index (χ1n) is 8.38. The molecule has 8 N–H and O–H groups in total. The van der Waals surface area contributed by atoms with Crippen LogP contribution in [0.1, 0.15) is 25.7 Å². The number of carboxylic acids is 3. The summed E-state index contributed by atoms with van der Waals surface area (Å²) in [5, 5.41) is 32.6. The molecule has 0 aromatic rings. The first-order chi connectivity index (χ1) is 13.5. The van der Waals surface area contributed by atoms with Crippen LogP contribution < -0.4 is 21.7 Å². The van der Waals surface area contributed by atoms with Gasteiger partial charge in [0.1, 0.15) is 12.1 Å². The first-order valence-corrected chi connectivity index (χ1v) is 9.01. The lowest BCUT2D eigenvalue weighted by Crippen LogP contribution is -2.54. The van der Waals surface area contributed by atoms with Crippen molar-refractivity contribution in [3.05, 3.63) is 0 Å². The van der Waals surface area contributed by atoms with Crippen molar-refractivity contribution in [2.45, 2.75) is 43.8 Å². The van der Waals surface area contributed by atoms with Crippen LogP contribution in [0.3, 0.4) is 0 Å². The number of rotatable bonds is 14. The number of nitrogens with two attached hydrogens (primary N) is 1. The molecule has 0 rings (SSSR count). The maximum absolute atomic E-state index is 12.1. The van der Waals surface area contributed by atoms with Crippen molar-refractivity contribution in [1.29, 1.82) is 0 Å². The number of amides is 3. The number of thiol groups is 1. The van der Waals surface area contributed by atoms with Crippen molar-refractivity contribution < 1.29 is 44.1 Å².